The van der Waals surface area contributed by atoms with Gasteiger partial charge in [0.25, 0.3) is 0 Å². The summed E-state index contributed by atoms with van der Waals surface area (Å²) in [6.45, 7) is 0. The first-order valence-corrected chi connectivity index (χ1v) is 5.67. The molecule has 0 bridgehead atoms. The summed E-state index contributed by atoms with van der Waals surface area (Å²) >= 11 is 8.56. The molecule has 0 saturated heterocycles. The van der Waals surface area contributed by atoms with Crippen LogP contribution < -0.4 is 0 Å². The summed E-state index contributed by atoms with van der Waals surface area (Å²) in [5.74, 6) is 0.0849. The van der Waals surface area contributed by atoms with Crippen molar-refractivity contribution >= 4 is 27.5 Å². The number of aliphatic hydroxyl groups excluding tert-OH is 1. The van der Waals surface area contributed by atoms with Crippen molar-refractivity contribution in [3.05, 3.63) is 34.1 Å². The highest BCUT2D eigenvalue weighted by Crippen LogP contribution is 2.26. The first-order chi connectivity index (χ1) is 6.66. The number of benzene rings is 1. The largest absolute Gasteiger partial charge is 0.388 e. The maximum Gasteiger partial charge on any atom is 0.143 e. The second-order valence-corrected chi connectivity index (χ2v) is 4.22. The van der Waals surface area contributed by atoms with Crippen LogP contribution in [0.25, 0.3) is 0 Å². The van der Waals surface area contributed by atoms with Crippen LogP contribution in [0.4, 0.5) is 4.39 Å². The molecule has 1 nitrogen and oxygen atoms in total. The molecule has 1 aromatic rings. The first-order valence-electron chi connectivity index (χ1n) is 4.34. The van der Waals surface area contributed by atoms with Gasteiger partial charge in [0.1, 0.15) is 5.82 Å². The first kappa shape index (κ1) is 12.0. The Hall–Kier alpha value is -0.120. The number of halogens is 3. The Kier molecular flexibility index (Phi) is 4.85. The van der Waals surface area contributed by atoms with Crippen LogP contribution in [-0.4, -0.2) is 11.0 Å². The third-order valence-electron chi connectivity index (χ3n) is 1.95. The van der Waals surface area contributed by atoms with E-state index in [0.717, 1.165) is 0 Å². The Labute approximate surface area is 96.0 Å². The molecule has 0 aliphatic rings. The highest BCUT2D eigenvalue weighted by Gasteiger charge is 2.13. The minimum atomic E-state index is -0.772. The van der Waals surface area contributed by atoms with Gasteiger partial charge in [-0.2, -0.15) is 0 Å². The Morgan fingerprint density at radius 2 is 2.21 bits per heavy atom. The molecule has 1 N–H and O–H groups in total. The van der Waals surface area contributed by atoms with Gasteiger partial charge in [-0.25, -0.2) is 4.39 Å². The van der Waals surface area contributed by atoms with Gasteiger partial charge in [0, 0.05) is 11.4 Å². The molecule has 14 heavy (non-hydrogen) atoms. The van der Waals surface area contributed by atoms with Crippen LogP contribution in [0.1, 0.15) is 24.5 Å². The smallest absolute Gasteiger partial charge is 0.143 e. The van der Waals surface area contributed by atoms with Gasteiger partial charge in [-0.15, -0.1) is 11.6 Å². The number of alkyl halides is 1. The van der Waals surface area contributed by atoms with Gasteiger partial charge in [0.2, 0.25) is 0 Å². The van der Waals surface area contributed by atoms with E-state index in [4.69, 9.17) is 11.6 Å². The predicted octanol–water partition coefficient (Wildman–Crippen LogP) is 3.64. The highest BCUT2D eigenvalue weighted by atomic mass is 79.9. The lowest BCUT2D eigenvalue weighted by Gasteiger charge is -2.11. The van der Waals surface area contributed by atoms with Gasteiger partial charge < -0.3 is 5.11 Å². The van der Waals surface area contributed by atoms with E-state index >= 15 is 0 Å². The van der Waals surface area contributed by atoms with Crippen molar-refractivity contribution in [2.75, 3.05) is 5.88 Å². The molecule has 1 rings (SSSR count). The van der Waals surface area contributed by atoms with E-state index in [1.165, 1.54) is 0 Å². The Balaban J connectivity index is 2.79. The molecule has 78 valence electrons. The van der Waals surface area contributed by atoms with Gasteiger partial charge in [-0.3, -0.25) is 0 Å². The number of hydrogen-bond acceptors (Lipinski definition) is 1. The minimum absolute atomic E-state index is 0.324. The Morgan fingerprint density at radius 1 is 1.50 bits per heavy atom. The monoisotopic (exact) mass is 280 g/mol. The van der Waals surface area contributed by atoms with E-state index in [0.29, 0.717) is 28.8 Å². The minimum Gasteiger partial charge on any atom is -0.388 e. The lowest BCUT2D eigenvalue weighted by molar-refractivity contribution is 0.162. The van der Waals surface area contributed by atoms with Crippen molar-refractivity contribution in [2.24, 2.45) is 0 Å². The molecule has 4 heteroatoms. The fourth-order valence-corrected chi connectivity index (χ4v) is 1.74. The fraction of sp³-hybridized carbons (Fsp3) is 0.400. The summed E-state index contributed by atoms with van der Waals surface area (Å²) in [6, 6.07) is 4.89. The molecular weight excluding hydrogens is 270 g/mol. The molecule has 1 atom stereocenters. The molecule has 0 amide bonds. The van der Waals surface area contributed by atoms with Crippen molar-refractivity contribution in [1.29, 1.82) is 0 Å². The molecule has 0 aliphatic heterocycles. The average molecular weight is 282 g/mol. The van der Waals surface area contributed by atoms with E-state index < -0.39 is 11.9 Å². The maximum atomic E-state index is 13.4. The molecule has 1 aromatic carbocycles. The van der Waals surface area contributed by atoms with E-state index in [-0.39, 0.29) is 0 Å². The molecule has 0 aromatic heterocycles. The van der Waals surface area contributed by atoms with Crippen molar-refractivity contribution in [3.63, 3.8) is 0 Å². The average Bonchev–Trinajstić information content (AvgIpc) is 2.18. The van der Waals surface area contributed by atoms with Crippen LogP contribution in [0.2, 0.25) is 0 Å². The van der Waals surface area contributed by atoms with Crippen LogP contribution >= 0.6 is 27.5 Å². The third-order valence-corrected chi connectivity index (χ3v) is 2.83. The summed E-state index contributed by atoms with van der Waals surface area (Å²) in [6.07, 6.45) is 0.386. The molecule has 0 fully saturated rings. The predicted molar refractivity (Wildman–Crippen MR) is 59.0 cm³/mol. The van der Waals surface area contributed by atoms with Gasteiger partial charge in [0.05, 0.1) is 10.6 Å². The van der Waals surface area contributed by atoms with Crippen LogP contribution in [0, 0.1) is 5.82 Å². The van der Waals surface area contributed by atoms with Gasteiger partial charge >= 0.3 is 0 Å². The summed E-state index contributed by atoms with van der Waals surface area (Å²) in [7, 11) is 0. The molecule has 0 saturated carbocycles. The van der Waals surface area contributed by atoms with Crippen molar-refractivity contribution < 1.29 is 9.50 Å². The van der Waals surface area contributed by atoms with E-state index in [9.17, 15) is 9.50 Å². The van der Waals surface area contributed by atoms with Gasteiger partial charge in [-0.05, 0) is 34.8 Å². The summed E-state index contributed by atoms with van der Waals surface area (Å²) < 4.78 is 13.8. The SMILES string of the molecule is OC(CCCCl)c1cccc(Br)c1F. The zero-order valence-electron chi connectivity index (χ0n) is 7.51. The molecule has 1 unspecified atom stereocenters. The molecular formula is C10H11BrClFO. The third kappa shape index (κ3) is 2.94. The van der Waals surface area contributed by atoms with Crippen molar-refractivity contribution in [1.82, 2.24) is 0 Å². The van der Waals surface area contributed by atoms with Gasteiger partial charge in [-0.1, -0.05) is 12.1 Å². The quantitative estimate of drug-likeness (QED) is 0.836. The highest BCUT2D eigenvalue weighted by molar-refractivity contribution is 9.10. The summed E-state index contributed by atoms with van der Waals surface area (Å²) in [5, 5.41) is 9.64. The van der Waals surface area contributed by atoms with E-state index in [1.807, 2.05) is 0 Å². The fourth-order valence-electron chi connectivity index (χ4n) is 1.20. The lowest BCUT2D eigenvalue weighted by Crippen LogP contribution is -2.01. The normalized spacial score (nSPS) is 12.9. The lowest BCUT2D eigenvalue weighted by atomic mass is 10.1. The molecule has 0 radical (unpaired) electrons. The summed E-state index contributed by atoms with van der Waals surface area (Å²) in [4.78, 5) is 0. The number of rotatable bonds is 4. The topological polar surface area (TPSA) is 20.2 Å². The second-order valence-electron chi connectivity index (χ2n) is 2.99. The number of hydrogen-bond donors (Lipinski definition) is 1. The van der Waals surface area contributed by atoms with Crippen molar-refractivity contribution in [2.45, 2.75) is 18.9 Å². The van der Waals surface area contributed by atoms with E-state index in [2.05, 4.69) is 15.9 Å². The molecule has 0 aliphatic carbocycles. The zero-order chi connectivity index (χ0) is 10.6. The number of aliphatic hydroxyl groups is 1. The van der Waals surface area contributed by atoms with E-state index in [1.54, 1.807) is 18.2 Å². The van der Waals surface area contributed by atoms with Crippen LogP contribution in [0.15, 0.2) is 22.7 Å². The Morgan fingerprint density at radius 3 is 2.86 bits per heavy atom. The standard InChI is InChI=1S/C10H11BrClFO/c11-8-4-1-3-7(10(8)13)9(14)5-2-6-12/h1,3-4,9,14H,2,5-6H2. The van der Waals surface area contributed by atoms with Crippen LogP contribution in [0.5, 0.6) is 0 Å². The second kappa shape index (κ2) is 5.69. The van der Waals surface area contributed by atoms with Crippen molar-refractivity contribution in [3.8, 4) is 0 Å². The summed E-state index contributed by atoms with van der Waals surface area (Å²) in [5.41, 5.74) is 0.324. The maximum absolute atomic E-state index is 13.4. The Bertz CT molecular complexity index is 306. The zero-order valence-corrected chi connectivity index (χ0v) is 9.85. The molecule has 0 spiro atoms. The van der Waals surface area contributed by atoms with Gasteiger partial charge in [0.15, 0.2) is 0 Å². The molecule has 0 heterocycles. The van der Waals surface area contributed by atoms with Crippen LogP contribution in [-0.2, 0) is 0 Å². The van der Waals surface area contributed by atoms with Crippen LogP contribution in [0.3, 0.4) is 0 Å².